The topological polar surface area (TPSA) is 71.1 Å². The van der Waals surface area contributed by atoms with Gasteiger partial charge in [-0.3, -0.25) is 9.13 Å². The fraction of sp³-hybridized carbons (Fsp3) is 1.00. The van der Waals surface area contributed by atoms with E-state index in [1.165, 1.54) is 0 Å². The van der Waals surface area contributed by atoms with Gasteiger partial charge in [-0.1, -0.05) is 0 Å². The summed E-state index contributed by atoms with van der Waals surface area (Å²) in [5, 5.41) is 0. The zero-order chi connectivity index (χ0) is 16.3. The van der Waals surface area contributed by atoms with Gasteiger partial charge < -0.3 is 18.1 Å². The van der Waals surface area contributed by atoms with Crippen LogP contribution in [0.2, 0.25) is 0 Å². The van der Waals surface area contributed by atoms with Gasteiger partial charge >= 0.3 is 16.5 Å². The molecule has 0 atom stereocenters. The Morgan fingerprint density at radius 3 is 0.762 bits per heavy atom. The normalized spacial score (nSPS) is 11.3. The third kappa shape index (κ3) is 26.4. The summed E-state index contributed by atoms with van der Waals surface area (Å²) in [4.78, 5) is 0. The predicted molar refractivity (Wildman–Crippen MR) is 82.9 cm³/mol. The fourth-order valence-electron chi connectivity index (χ4n) is 0.825. The molecule has 0 amide bonds. The summed E-state index contributed by atoms with van der Waals surface area (Å²) in [5.74, 6) is 0. The molecule has 9 heteroatoms. The maximum atomic E-state index is 10.8. The smallest absolute Gasteiger partial charge is 0.308 e. The molecule has 0 heterocycles. The average molecular weight is 533 g/mol. The van der Waals surface area contributed by atoms with Gasteiger partial charge in [0.25, 0.3) is 0 Å². The van der Waals surface area contributed by atoms with Crippen LogP contribution >= 0.6 is 16.5 Å². The Hall–Kier alpha value is 1.24. The van der Waals surface area contributed by atoms with E-state index in [1.54, 1.807) is 0 Å². The fourth-order valence-corrected chi connectivity index (χ4v) is 2.48. The van der Waals surface area contributed by atoms with Crippen LogP contribution in [0.3, 0.4) is 0 Å². The van der Waals surface area contributed by atoms with Crippen LogP contribution in [0.25, 0.3) is 0 Å². The minimum Gasteiger partial charge on any atom is -0.308 e. The molecule has 0 aliphatic heterocycles. The van der Waals surface area contributed by atoms with E-state index in [-0.39, 0.29) is 52.1 Å². The van der Waals surface area contributed by atoms with Crippen molar-refractivity contribution in [2.45, 2.75) is 79.8 Å². The van der Waals surface area contributed by atoms with Crippen molar-refractivity contribution in [3.8, 4) is 0 Å². The van der Waals surface area contributed by atoms with Crippen molar-refractivity contribution in [3.63, 3.8) is 0 Å². The van der Waals surface area contributed by atoms with E-state index in [9.17, 15) is 9.13 Å². The van der Waals surface area contributed by atoms with Crippen LogP contribution in [0.1, 0.15) is 55.4 Å². The van der Waals surface area contributed by atoms with Crippen LogP contribution in [0, 0.1) is 0 Å². The zero-order valence-electron chi connectivity index (χ0n) is 14.5. The molecule has 0 aliphatic carbocycles. The van der Waals surface area contributed by atoms with Crippen LogP contribution < -0.4 is 0 Å². The molecule has 0 saturated heterocycles. The molecule has 0 aromatic carbocycles. The Morgan fingerprint density at radius 1 is 0.524 bits per heavy atom. The molecule has 0 fully saturated rings. The van der Waals surface area contributed by atoms with Gasteiger partial charge in [0.1, 0.15) is 0 Å². The molecule has 0 unspecified atom stereocenters. The SMILES string of the molecule is CC(C)O[PH](=O)OC(C)C.CC(C)O[PH](=O)OC(C)C.[Hg]. The van der Waals surface area contributed by atoms with E-state index >= 15 is 0 Å². The minimum absolute atomic E-state index is 0. The van der Waals surface area contributed by atoms with E-state index < -0.39 is 16.5 Å². The molecular formula is C12H30HgO6P2. The molecule has 0 N–H and O–H groups in total. The third-order valence-electron chi connectivity index (χ3n) is 1.33. The zero-order valence-corrected chi connectivity index (χ0v) is 22.0. The van der Waals surface area contributed by atoms with Gasteiger partial charge in [0.2, 0.25) is 0 Å². The summed E-state index contributed by atoms with van der Waals surface area (Å²) in [7, 11) is -4.48. The van der Waals surface area contributed by atoms with Gasteiger partial charge in [-0.2, -0.15) is 0 Å². The monoisotopic (exact) mass is 534 g/mol. The molecular weight excluding hydrogens is 503 g/mol. The van der Waals surface area contributed by atoms with E-state index in [0.29, 0.717) is 0 Å². The van der Waals surface area contributed by atoms with E-state index in [1.807, 2.05) is 55.4 Å². The van der Waals surface area contributed by atoms with Gasteiger partial charge in [0.05, 0.1) is 24.4 Å². The molecule has 0 aromatic rings. The molecule has 6 nitrogen and oxygen atoms in total. The van der Waals surface area contributed by atoms with E-state index in [0.717, 1.165) is 0 Å². The summed E-state index contributed by atoms with van der Waals surface area (Å²) in [6, 6.07) is 0. The van der Waals surface area contributed by atoms with Gasteiger partial charge in [0, 0.05) is 27.7 Å². The molecule has 0 saturated carbocycles. The largest absolute Gasteiger partial charge is 0.319 e. The van der Waals surface area contributed by atoms with Gasteiger partial charge in [0.15, 0.2) is 0 Å². The summed E-state index contributed by atoms with van der Waals surface area (Å²) in [6.07, 6.45) is -0.0921. The Balaban J connectivity index is -0.000000295. The van der Waals surface area contributed by atoms with Crippen molar-refractivity contribution in [3.05, 3.63) is 0 Å². The van der Waals surface area contributed by atoms with Crippen molar-refractivity contribution < 1.29 is 54.9 Å². The Labute approximate surface area is 151 Å². The molecule has 21 heavy (non-hydrogen) atoms. The first-order valence-corrected chi connectivity index (χ1v) is 9.24. The average Bonchev–Trinajstić information content (AvgIpc) is 2.11. The second kappa shape index (κ2) is 16.1. The van der Waals surface area contributed by atoms with Gasteiger partial charge in [-0.05, 0) is 55.4 Å². The Morgan fingerprint density at radius 2 is 0.667 bits per heavy atom. The maximum Gasteiger partial charge on any atom is 0.319 e. The van der Waals surface area contributed by atoms with Crippen molar-refractivity contribution in [1.82, 2.24) is 0 Å². The van der Waals surface area contributed by atoms with Crippen LogP contribution in [0.5, 0.6) is 0 Å². The molecule has 0 rings (SSSR count). The second-order valence-electron chi connectivity index (χ2n) is 5.17. The summed E-state index contributed by atoms with van der Waals surface area (Å²) in [6.45, 7) is 14.6. The minimum atomic E-state index is -2.24. The first-order chi connectivity index (χ1) is 9.04. The number of rotatable bonds is 8. The standard InChI is InChI=1S/2C6H15O3P.Hg/c2*1-5(2)8-10(7)9-6(3)4;/h2*5-6,10H,1-4H3;. The Kier molecular flexibility index (Phi) is 20.8. The molecule has 0 aliphatic rings. The van der Waals surface area contributed by atoms with Gasteiger partial charge in [-0.15, -0.1) is 0 Å². The molecule has 0 spiro atoms. The number of hydrogen-bond acceptors (Lipinski definition) is 6. The third-order valence-corrected chi connectivity index (χ3v) is 3.98. The van der Waals surface area contributed by atoms with Crippen LogP contribution in [-0.4, -0.2) is 24.4 Å². The van der Waals surface area contributed by atoms with Gasteiger partial charge in [-0.25, -0.2) is 0 Å². The first kappa shape index (κ1) is 27.1. The summed E-state index contributed by atoms with van der Waals surface area (Å²) >= 11 is 0. The molecule has 126 valence electrons. The van der Waals surface area contributed by atoms with E-state index in [2.05, 4.69) is 0 Å². The Bertz CT molecular complexity index is 233. The van der Waals surface area contributed by atoms with Crippen molar-refractivity contribution >= 4 is 16.5 Å². The van der Waals surface area contributed by atoms with Crippen molar-refractivity contribution in [1.29, 1.82) is 0 Å². The first-order valence-electron chi connectivity index (χ1n) is 6.79. The summed E-state index contributed by atoms with van der Waals surface area (Å²) in [5.41, 5.74) is 0. The molecule has 0 radical (unpaired) electrons. The van der Waals surface area contributed by atoms with Crippen LogP contribution in [0.4, 0.5) is 0 Å². The predicted octanol–water partition coefficient (Wildman–Crippen LogP) is 4.45. The molecule has 0 aromatic heterocycles. The second-order valence-corrected chi connectivity index (χ2v) is 7.11. The van der Waals surface area contributed by atoms with Crippen LogP contribution in [0.15, 0.2) is 0 Å². The van der Waals surface area contributed by atoms with Crippen molar-refractivity contribution in [2.24, 2.45) is 0 Å². The van der Waals surface area contributed by atoms with E-state index in [4.69, 9.17) is 18.1 Å². The quantitative estimate of drug-likeness (QED) is 0.340. The number of hydrogen-bond donors (Lipinski definition) is 0. The summed E-state index contributed by atoms with van der Waals surface area (Å²) < 4.78 is 41.1. The van der Waals surface area contributed by atoms with Crippen molar-refractivity contribution in [2.75, 3.05) is 0 Å². The maximum absolute atomic E-state index is 10.8. The molecule has 0 bridgehead atoms. The van der Waals surface area contributed by atoms with Crippen LogP contribution in [-0.2, 0) is 54.9 Å².